The molecule has 8 heteroatoms. The van der Waals surface area contributed by atoms with Crippen molar-refractivity contribution in [2.45, 2.75) is 24.9 Å². The second kappa shape index (κ2) is 7.27. The SMILES string of the molecule is CCOC(=O)c1ccc(S(=O)(=O)NCCCCN)o1. The highest BCUT2D eigenvalue weighted by atomic mass is 32.2. The predicted molar refractivity (Wildman–Crippen MR) is 68.1 cm³/mol. The Balaban J connectivity index is 2.66. The van der Waals surface area contributed by atoms with Crippen molar-refractivity contribution >= 4 is 16.0 Å². The third kappa shape index (κ3) is 4.66. The molecule has 0 amide bonds. The first-order valence-electron chi connectivity index (χ1n) is 5.98. The normalized spacial score (nSPS) is 11.5. The van der Waals surface area contributed by atoms with Crippen molar-refractivity contribution in [3.63, 3.8) is 0 Å². The van der Waals surface area contributed by atoms with Crippen LogP contribution in [0, 0.1) is 0 Å². The Labute approximate surface area is 112 Å². The molecular weight excluding hydrogens is 272 g/mol. The van der Waals surface area contributed by atoms with Gasteiger partial charge in [-0.1, -0.05) is 0 Å². The van der Waals surface area contributed by atoms with Gasteiger partial charge >= 0.3 is 5.97 Å². The summed E-state index contributed by atoms with van der Waals surface area (Å²) in [5.41, 5.74) is 5.31. The molecule has 0 fully saturated rings. The van der Waals surface area contributed by atoms with Crippen molar-refractivity contribution in [3.8, 4) is 0 Å². The highest BCUT2D eigenvalue weighted by Crippen LogP contribution is 2.14. The number of nitrogens with one attached hydrogen (secondary N) is 1. The van der Waals surface area contributed by atoms with E-state index in [1.165, 1.54) is 12.1 Å². The van der Waals surface area contributed by atoms with Gasteiger partial charge in [-0.25, -0.2) is 17.9 Å². The summed E-state index contributed by atoms with van der Waals surface area (Å²) in [7, 11) is -3.73. The monoisotopic (exact) mass is 290 g/mol. The van der Waals surface area contributed by atoms with Gasteiger partial charge in [0.1, 0.15) is 0 Å². The molecule has 0 spiro atoms. The molecule has 1 aromatic rings. The van der Waals surface area contributed by atoms with E-state index in [4.69, 9.17) is 14.9 Å². The van der Waals surface area contributed by atoms with Crippen molar-refractivity contribution in [1.82, 2.24) is 4.72 Å². The van der Waals surface area contributed by atoms with Gasteiger partial charge in [-0.3, -0.25) is 0 Å². The van der Waals surface area contributed by atoms with Crippen LogP contribution in [0.2, 0.25) is 0 Å². The van der Waals surface area contributed by atoms with E-state index in [-0.39, 0.29) is 24.0 Å². The highest BCUT2D eigenvalue weighted by Gasteiger charge is 2.21. The molecule has 0 saturated heterocycles. The van der Waals surface area contributed by atoms with Crippen LogP contribution >= 0.6 is 0 Å². The minimum atomic E-state index is -3.73. The quantitative estimate of drug-likeness (QED) is 0.532. The van der Waals surface area contributed by atoms with E-state index in [9.17, 15) is 13.2 Å². The largest absolute Gasteiger partial charge is 0.460 e. The number of sulfonamides is 1. The summed E-state index contributed by atoms with van der Waals surface area (Å²) in [5.74, 6) is -0.823. The Morgan fingerprint density at radius 3 is 2.79 bits per heavy atom. The van der Waals surface area contributed by atoms with E-state index in [1.807, 2.05) is 0 Å². The van der Waals surface area contributed by atoms with Crippen molar-refractivity contribution in [1.29, 1.82) is 0 Å². The van der Waals surface area contributed by atoms with Crippen LogP contribution < -0.4 is 10.5 Å². The Morgan fingerprint density at radius 2 is 2.16 bits per heavy atom. The molecular formula is C11H18N2O5S. The highest BCUT2D eigenvalue weighted by molar-refractivity contribution is 7.89. The number of furan rings is 1. The van der Waals surface area contributed by atoms with Crippen LogP contribution in [0.5, 0.6) is 0 Å². The maximum absolute atomic E-state index is 11.8. The van der Waals surface area contributed by atoms with Crippen molar-refractivity contribution in [2.75, 3.05) is 19.7 Å². The number of hydrogen-bond acceptors (Lipinski definition) is 6. The van der Waals surface area contributed by atoms with E-state index in [0.717, 1.165) is 6.42 Å². The molecule has 19 heavy (non-hydrogen) atoms. The smallest absolute Gasteiger partial charge is 0.374 e. The fraction of sp³-hybridized carbons (Fsp3) is 0.545. The van der Waals surface area contributed by atoms with Crippen LogP contribution in [0.4, 0.5) is 0 Å². The fourth-order valence-electron chi connectivity index (χ4n) is 1.32. The number of nitrogens with two attached hydrogens (primary N) is 1. The first-order chi connectivity index (χ1) is 9.01. The molecule has 0 aliphatic carbocycles. The minimum absolute atomic E-state index is 0.135. The van der Waals surface area contributed by atoms with Crippen LogP contribution in [0.3, 0.4) is 0 Å². The van der Waals surface area contributed by atoms with Gasteiger partial charge in [0.15, 0.2) is 0 Å². The number of esters is 1. The number of carbonyl (C=O) groups is 1. The maximum atomic E-state index is 11.8. The van der Waals surface area contributed by atoms with E-state index in [2.05, 4.69) is 4.72 Å². The van der Waals surface area contributed by atoms with Crippen LogP contribution in [0.1, 0.15) is 30.3 Å². The van der Waals surface area contributed by atoms with Gasteiger partial charge in [-0.05, 0) is 38.4 Å². The molecule has 0 bridgehead atoms. The zero-order chi connectivity index (χ0) is 14.3. The van der Waals surface area contributed by atoms with Gasteiger partial charge in [-0.15, -0.1) is 0 Å². The molecule has 0 atom stereocenters. The lowest BCUT2D eigenvalue weighted by Crippen LogP contribution is -2.24. The summed E-state index contributed by atoms with van der Waals surface area (Å²) >= 11 is 0. The zero-order valence-electron chi connectivity index (χ0n) is 10.7. The van der Waals surface area contributed by atoms with Crippen LogP contribution in [0.15, 0.2) is 21.6 Å². The summed E-state index contributed by atoms with van der Waals surface area (Å²) in [6.45, 7) is 2.63. The van der Waals surface area contributed by atoms with Crippen molar-refractivity contribution < 1.29 is 22.4 Å². The van der Waals surface area contributed by atoms with Crippen LogP contribution in [-0.4, -0.2) is 34.1 Å². The zero-order valence-corrected chi connectivity index (χ0v) is 11.5. The summed E-state index contributed by atoms with van der Waals surface area (Å²) in [5, 5.41) is -0.302. The number of unbranched alkanes of at least 4 members (excludes halogenated alkanes) is 1. The molecule has 0 aromatic carbocycles. The summed E-state index contributed by atoms with van der Waals surface area (Å²) in [4.78, 5) is 11.3. The standard InChI is InChI=1S/C11H18N2O5S/c1-2-17-11(14)9-5-6-10(18-9)19(15,16)13-8-4-3-7-12/h5-6,13H,2-4,7-8,12H2,1H3. The molecule has 0 aliphatic heterocycles. The van der Waals surface area contributed by atoms with E-state index in [1.54, 1.807) is 6.92 Å². The average molecular weight is 290 g/mol. The molecule has 1 heterocycles. The molecule has 0 unspecified atom stereocenters. The Bertz CT molecular complexity index is 509. The van der Waals surface area contributed by atoms with Gasteiger partial charge < -0.3 is 14.9 Å². The average Bonchev–Trinajstić information content (AvgIpc) is 2.85. The summed E-state index contributed by atoms with van der Waals surface area (Å²) in [6.07, 6.45) is 1.37. The molecule has 0 radical (unpaired) electrons. The van der Waals surface area contributed by atoms with Crippen LogP contribution in [0.25, 0.3) is 0 Å². The fourth-order valence-corrected chi connectivity index (χ4v) is 2.33. The molecule has 3 N–H and O–H groups in total. The molecule has 7 nitrogen and oxygen atoms in total. The van der Waals surface area contributed by atoms with Crippen molar-refractivity contribution in [3.05, 3.63) is 17.9 Å². The van der Waals surface area contributed by atoms with Gasteiger partial charge in [0.25, 0.3) is 10.0 Å². The Morgan fingerprint density at radius 1 is 1.42 bits per heavy atom. The second-order valence-corrected chi connectivity index (χ2v) is 5.43. The van der Waals surface area contributed by atoms with Gasteiger partial charge in [0.05, 0.1) is 6.61 Å². The van der Waals surface area contributed by atoms with E-state index in [0.29, 0.717) is 13.0 Å². The second-order valence-electron chi connectivity index (χ2n) is 3.73. The Kier molecular flexibility index (Phi) is 6.00. The molecule has 108 valence electrons. The van der Waals surface area contributed by atoms with Gasteiger partial charge in [0, 0.05) is 6.54 Å². The number of hydrogen-bond donors (Lipinski definition) is 2. The molecule has 1 rings (SSSR count). The molecule has 0 saturated carbocycles. The lowest BCUT2D eigenvalue weighted by molar-refractivity contribution is 0.0484. The third-order valence-electron chi connectivity index (χ3n) is 2.25. The Hall–Kier alpha value is -1.38. The van der Waals surface area contributed by atoms with E-state index < -0.39 is 16.0 Å². The molecule has 0 aliphatic rings. The summed E-state index contributed by atoms with van der Waals surface area (Å²) < 4.78 is 35.6. The number of rotatable bonds is 8. The number of carbonyl (C=O) groups excluding carboxylic acids is 1. The minimum Gasteiger partial charge on any atom is -0.460 e. The first kappa shape index (κ1) is 15.7. The third-order valence-corrected chi connectivity index (χ3v) is 3.58. The van der Waals surface area contributed by atoms with Crippen LogP contribution in [-0.2, 0) is 14.8 Å². The number of ether oxygens (including phenoxy) is 1. The topological polar surface area (TPSA) is 112 Å². The van der Waals surface area contributed by atoms with Gasteiger partial charge in [-0.2, -0.15) is 0 Å². The first-order valence-corrected chi connectivity index (χ1v) is 7.46. The summed E-state index contributed by atoms with van der Waals surface area (Å²) in [6, 6.07) is 2.49. The van der Waals surface area contributed by atoms with Crippen molar-refractivity contribution in [2.24, 2.45) is 5.73 Å². The predicted octanol–water partition coefficient (Wildman–Crippen LogP) is 0.473. The molecule has 1 aromatic heterocycles. The van der Waals surface area contributed by atoms with Gasteiger partial charge in [0.2, 0.25) is 10.9 Å². The lowest BCUT2D eigenvalue weighted by atomic mass is 10.3. The van der Waals surface area contributed by atoms with E-state index >= 15 is 0 Å². The maximum Gasteiger partial charge on any atom is 0.374 e. The lowest BCUT2D eigenvalue weighted by Gasteiger charge is -2.03.